The van der Waals surface area contributed by atoms with Gasteiger partial charge in [-0.1, -0.05) is 36.4 Å². The summed E-state index contributed by atoms with van der Waals surface area (Å²) in [5.74, 6) is 0.0761. The molecule has 7 heteroatoms. The van der Waals surface area contributed by atoms with Crippen LogP contribution in [0.2, 0.25) is 0 Å². The zero-order valence-corrected chi connectivity index (χ0v) is 17.0. The Morgan fingerprint density at radius 2 is 1.67 bits per heavy atom. The van der Waals surface area contributed by atoms with Crippen molar-refractivity contribution in [2.45, 2.75) is 6.61 Å². The summed E-state index contributed by atoms with van der Waals surface area (Å²) in [6.07, 6.45) is 4.17. The summed E-state index contributed by atoms with van der Waals surface area (Å²) in [4.78, 5) is 12.3. The van der Waals surface area contributed by atoms with Crippen LogP contribution in [0.15, 0.2) is 78.9 Å². The average molecular weight is 425 g/mol. The molecule has 0 aliphatic heterocycles. The first kappa shape index (κ1) is 21.3. The largest absolute Gasteiger partial charge is 0.489 e. The molecule has 3 aromatic carbocycles. The van der Waals surface area contributed by atoms with Crippen LogP contribution < -0.4 is 9.46 Å². The number of carbonyl (C=O) groups excluding carboxylic acids is 1. The number of benzene rings is 3. The van der Waals surface area contributed by atoms with E-state index in [2.05, 4.69) is 4.72 Å². The Hall–Kier alpha value is -3.45. The highest BCUT2D eigenvalue weighted by Gasteiger charge is 2.05. The molecule has 0 spiro atoms. The number of allylic oxidation sites excluding steroid dienone is 1. The number of carbonyl (C=O) groups is 1. The molecule has 154 valence electrons. The Labute approximate surface area is 174 Å². The first-order valence-electron chi connectivity index (χ1n) is 9.07. The standard InChI is InChI=1S/C23H20FNO4S/c1-30(27,28)25-20-11-9-18(10-12-20)23(26)15-8-17-6-13-21(14-7-17)29-16-19-4-2-3-5-22(19)24/h2-15,25H,16H2,1H3/b15-8+. The number of anilines is 1. The van der Waals surface area contributed by atoms with Crippen molar-refractivity contribution in [1.29, 1.82) is 0 Å². The van der Waals surface area contributed by atoms with E-state index in [1.54, 1.807) is 60.7 Å². The third-order valence-corrected chi connectivity index (χ3v) is 4.74. The van der Waals surface area contributed by atoms with Crippen molar-refractivity contribution >= 4 is 27.6 Å². The van der Waals surface area contributed by atoms with Gasteiger partial charge >= 0.3 is 0 Å². The number of hydrogen-bond acceptors (Lipinski definition) is 4. The van der Waals surface area contributed by atoms with Gasteiger partial charge in [0.15, 0.2) is 5.78 Å². The van der Waals surface area contributed by atoms with Crippen molar-refractivity contribution in [2.75, 3.05) is 11.0 Å². The number of ketones is 1. The van der Waals surface area contributed by atoms with Crippen LogP contribution in [0.3, 0.4) is 0 Å². The second kappa shape index (κ2) is 9.37. The third kappa shape index (κ3) is 6.28. The highest BCUT2D eigenvalue weighted by atomic mass is 32.2. The number of nitrogens with one attached hydrogen (secondary N) is 1. The molecule has 0 amide bonds. The fourth-order valence-electron chi connectivity index (χ4n) is 2.64. The second-order valence-electron chi connectivity index (χ2n) is 6.60. The molecule has 0 radical (unpaired) electrons. The molecule has 30 heavy (non-hydrogen) atoms. The van der Waals surface area contributed by atoms with Gasteiger partial charge < -0.3 is 4.74 Å². The molecule has 1 N–H and O–H groups in total. The Morgan fingerprint density at radius 1 is 1.00 bits per heavy atom. The highest BCUT2D eigenvalue weighted by Crippen LogP contribution is 2.17. The fourth-order valence-corrected chi connectivity index (χ4v) is 3.20. The first-order chi connectivity index (χ1) is 14.3. The van der Waals surface area contributed by atoms with Crippen molar-refractivity contribution < 1.29 is 22.3 Å². The molecule has 0 saturated carbocycles. The normalized spacial score (nSPS) is 11.4. The lowest BCUT2D eigenvalue weighted by Gasteiger charge is -2.07. The van der Waals surface area contributed by atoms with E-state index >= 15 is 0 Å². The molecule has 0 heterocycles. The van der Waals surface area contributed by atoms with Crippen LogP contribution in [0.25, 0.3) is 6.08 Å². The Morgan fingerprint density at radius 3 is 2.30 bits per heavy atom. The molecule has 5 nitrogen and oxygen atoms in total. The number of rotatable bonds is 8. The maximum absolute atomic E-state index is 13.6. The van der Waals surface area contributed by atoms with Crippen molar-refractivity contribution in [3.05, 3.63) is 101 Å². The van der Waals surface area contributed by atoms with Gasteiger partial charge in [0.05, 0.1) is 6.26 Å². The minimum atomic E-state index is -3.36. The summed E-state index contributed by atoms with van der Waals surface area (Å²) in [7, 11) is -3.36. The zero-order valence-electron chi connectivity index (χ0n) is 16.2. The third-order valence-electron chi connectivity index (χ3n) is 4.13. The lowest BCUT2D eigenvalue weighted by molar-refractivity contribution is 0.104. The number of ether oxygens (including phenoxy) is 1. The van der Waals surface area contributed by atoms with E-state index in [9.17, 15) is 17.6 Å². The molecule has 0 fully saturated rings. The SMILES string of the molecule is CS(=O)(=O)Nc1ccc(C(=O)/C=C/c2ccc(OCc3ccccc3F)cc2)cc1. The van der Waals surface area contributed by atoms with Gasteiger partial charge in [-0.2, -0.15) is 0 Å². The fraction of sp³-hybridized carbons (Fsp3) is 0.0870. The van der Waals surface area contributed by atoms with Gasteiger partial charge in [-0.25, -0.2) is 12.8 Å². The van der Waals surface area contributed by atoms with E-state index in [0.29, 0.717) is 22.6 Å². The van der Waals surface area contributed by atoms with Crippen molar-refractivity contribution in [3.63, 3.8) is 0 Å². The number of sulfonamides is 1. The smallest absolute Gasteiger partial charge is 0.229 e. The summed E-state index contributed by atoms with van der Waals surface area (Å²) in [5.41, 5.74) is 2.11. The van der Waals surface area contributed by atoms with E-state index in [1.165, 1.54) is 24.3 Å². The molecule has 0 aliphatic carbocycles. The zero-order chi connectivity index (χ0) is 21.6. The van der Waals surface area contributed by atoms with Gasteiger partial charge in [0.2, 0.25) is 10.0 Å². The predicted molar refractivity (Wildman–Crippen MR) is 115 cm³/mol. The first-order valence-corrected chi connectivity index (χ1v) is 11.0. The summed E-state index contributed by atoms with van der Waals surface area (Å²) in [6.45, 7) is 0.129. The molecule has 0 aliphatic rings. The Bertz CT molecular complexity index is 1150. The van der Waals surface area contributed by atoms with Crippen LogP contribution in [-0.4, -0.2) is 20.5 Å². The molecule has 0 bridgehead atoms. The van der Waals surface area contributed by atoms with Crippen molar-refractivity contribution in [3.8, 4) is 5.75 Å². The van der Waals surface area contributed by atoms with E-state index in [4.69, 9.17) is 4.74 Å². The second-order valence-corrected chi connectivity index (χ2v) is 8.35. The van der Waals surface area contributed by atoms with Crippen LogP contribution in [0.4, 0.5) is 10.1 Å². The summed E-state index contributed by atoms with van der Waals surface area (Å²) < 4.78 is 44.0. The van der Waals surface area contributed by atoms with Crippen molar-refractivity contribution in [1.82, 2.24) is 0 Å². The highest BCUT2D eigenvalue weighted by molar-refractivity contribution is 7.92. The topological polar surface area (TPSA) is 72.5 Å². The van der Waals surface area contributed by atoms with E-state index in [1.807, 2.05) is 0 Å². The molecule has 3 aromatic rings. The lowest BCUT2D eigenvalue weighted by atomic mass is 10.1. The Kier molecular flexibility index (Phi) is 6.64. The van der Waals surface area contributed by atoms with Gasteiger partial charge in [0.1, 0.15) is 18.2 Å². The predicted octanol–water partition coefficient (Wildman–Crippen LogP) is 4.67. The van der Waals surface area contributed by atoms with Gasteiger partial charge in [-0.05, 0) is 54.1 Å². The molecular weight excluding hydrogens is 405 g/mol. The summed E-state index contributed by atoms with van der Waals surface area (Å²) in [5, 5.41) is 0. The van der Waals surface area contributed by atoms with Gasteiger partial charge in [-0.3, -0.25) is 9.52 Å². The van der Waals surface area contributed by atoms with Gasteiger partial charge in [0, 0.05) is 16.8 Å². The van der Waals surface area contributed by atoms with Crippen LogP contribution >= 0.6 is 0 Å². The van der Waals surface area contributed by atoms with E-state index in [-0.39, 0.29) is 18.2 Å². The van der Waals surface area contributed by atoms with Gasteiger partial charge in [-0.15, -0.1) is 0 Å². The monoisotopic (exact) mass is 425 g/mol. The Balaban J connectivity index is 1.58. The van der Waals surface area contributed by atoms with Crippen LogP contribution in [0.5, 0.6) is 5.75 Å². The molecular formula is C23H20FNO4S. The maximum Gasteiger partial charge on any atom is 0.229 e. The van der Waals surface area contributed by atoms with Crippen LogP contribution in [-0.2, 0) is 16.6 Å². The average Bonchev–Trinajstić information content (AvgIpc) is 2.71. The number of halogens is 1. The lowest BCUT2D eigenvalue weighted by Crippen LogP contribution is -2.09. The molecule has 3 rings (SSSR count). The van der Waals surface area contributed by atoms with E-state index < -0.39 is 10.0 Å². The minimum Gasteiger partial charge on any atom is -0.489 e. The van der Waals surface area contributed by atoms with Crippen LogP contribution in [0, 0.1) is 5.82 Å². The summed E-state index contributed by atoms with van der Waals surface area (Å²) >= 11 is 0. The van der Waals surface area contributed by atoms with Crippen LogP contribution in [0.1, 0.15) is 21.5 Å². The summed E-state index contributed by atoms with van der Waals surface area (Å²) in [6, 6.07) is 19.7. The van der Waals surface area contributed by atoms with Gasteiger partial charge in [0.25, 0.3) is 0 Å². The maximum atomic E-state index is 13.6. The van der Waals surface area contributed by atoms with Crippen molar-refractivity contribution in [2.24, 2.45) is 0 Å². The van der Waals surface area contributed by atoms with E-state index in [0.717, 1.165) is 11.8 Å². The molecule has 0 saturated heterocycles. The molecule has 0 aromatic heterocycles. The minimum absolute atomic E-state index is 0.129. The quantitative estimate of drug-likeness (QED) is 0.420. The molecule has 0 unspecified atom stereocenters. The molecule has 0 atom stereocenters. The number of hydrogen-bond donors (Lipinski definition) is 1.